The summed E-state index contributed by atoms with van der Waals surface area (Å²) in [6.07, 6.45) is 7.95. The van der Waals surface area contributed by atoms with Crippen molar-refractivity contribution in [2.24, 2.45) is 5.92 Å². The van der Waals surface area contributed by atoms with Crippen molar-refractivity contribution in [2.75, 3.05) is 0 Å². The predicted molar refractivity (Wildman–Crippen MR) is 50.2 cm³/mol. The minimum Gasteiger partial charge on any atom is -0.126 e. The van der Waals surface area contributed by atoms with Crippen LogP contribution in [-0.4, -0.2) is 5.16 Å². The highest BCUT2D eigenvalue weighted by Gasteiger charge is 2.33. The first-order valence-corrected chi connectivity index (χ1v) is 4.36. The zero-order valence-corrected chi connectivity index (χ0v) is 7.50. The Balaban J connectivity index is 2.74. The summed E-state index contributed by atoms with van der Waals surface area (Å²) in [7, 11) is 2.90. The van der Waals surface area contributed by atoms with Crippen molar-refractivity contribution in [3.63, 3.8) is 0 Å². The smallest absolute Gasteiger partial charge is 0.00866 e. The van der Waals surface area contributed by atoms with E-state index in [0.717, 1.165) is 0 Å². The van der Waals surface area contributed by atoms with Crippen LogP contribution >= 0.6 is 9.24 Å². The fourth-order valence-electron chi connectivity index (χ4n) is 1.67. The van der Waals surface area contributed by atoms with Crippen LogP contribution in [0.2, 0.25) is 0 Å². The topological polar surface area (TPSA) is 0 Å². The lowest BCUT2D eigenvalue weighted by molar-refractivity contribution is 0.607. The quantitative estimate of drug-likeness (QED) is 0.424. The molecule has 0 aliphatic heterocycles. The molecule has 0 N–H and O–H groups in total. The standard InChI is InChI=1S/C9H15P/c1-3-8-6-5-7-9(8,10)4-2/h3-4,8H,1-2,5-7,10H2. The molecule has 1 aliphatic carbocycles. The van der Waals surface area contributed by atoms with Crippen molar-refractivity contribution < 1.29 is 0 Å². The van der Waals surface area contributed by atoms with E-state index in [1.54, 1.807) is 0 Å². The summed E-state index contributed by atoms with van der Waals surface area (Å²) in [4.78, 5) is 0. The normalized spacial score (nSPS) is 39.5. The van der Waals surface area contributed by atoms with Gasteiger partial charge in [0.25, 0.3) is 0 Å². The van der Waals surface area contributed by atoms with Gasteiger partial charge in [0.05, 0.1) is 0 Å². The largest absolute Gasteiger partial charge is 0.126 e. The summed E-state index contributed by atoms with van der Waals surface area (Å²) in [6.45, 7) is 7.67. The molecular weight excluding hydrogens is 139 g/mol. The lowest BCUT2D eigenvalue weighted by atomic mass is 9.95. The van der Waals surface area contributed by atoms with Gasteiger partial charge in [0.2, 0.25) is 0 Å². The number of hydrogen-bond donors (Lipinski definition) is 0. The monoisotopic (exact) mass is 154 g/mol. The molecule has 0 aromatic carbocycles. The zero-order valence-electron chi connectivity index (χ0n) is 6.34. The Morgan fingerprint density at radius 1 is 1.50 bits per heavy atom. The Kier molecular flexibility index (Phi) is 2.31. The highest BCUT2D eigenvalue weighted by atomic mass is 31.0. The van der Waals surface area contributed by atoms with Crippen LogP contribution in [-0.2, 0) is 0 Å². The molecule has 3 atom stereocenters. The van der Waals surface area contributed by atoms with Crippen LogP contribution < -0.4 is 0 Å². The van der Waals surface area contributed by atoms with Gasteiger partial charge in [0.1, 0.15) is 0 Å². The minimum atomic E-state index is 0.266. The zero-order chi connectivity index (χ0) is 7.61. The Morgan fingerprint density at radius 2 is 2.20 bits per heavy atom. The lowest BCUT2D eigenvalue weighted by Gasteiger charge is -2.24. The molecule has 0 saturated heterocycles. The molecule has 1 aliphatic rings. The molecule has 0 radical (unpaired) electrons. The fraction of sp³-hybridized carbons (Fsp3) is 0.556. The molecule has 1 heteroatoms. The summed E-state index contributed by atoms with van der Waals surface area (Å²) in [6, 6.07) is 0. The Labute approximate surface area is 65.6 Å². The van der Waals surface area contributed by atoms with Gasteiger partial charge in [-0.15, -0.1) is 22.4 Å². The third-order valence-corrected chi connectivity index (χ3v) is 3.43. The van der Waals surface area contributed by atoms with Crippen molar-refractivity contribution in [1.29, 1.82) is 0 Å². The molecule has 56 valence electrons. The molecule has 10 heavy (non-hydrogen) atoms. The van der Waals surface area contributed by atoms with E-state index in [-0.39, 0.29) is 5.16 Å². The minimum absolute atomic E-state index is 0.266. The SMILES string of the molecule is C=CC1CCCC1(P)C=C. The van der Waals surface area contributed by atoms with E-state index in [1.165, 1.54) is 19.3 Å². The molecule has 0 aromatic rings. The Bertz CT molecular complexity index is 151. The van der Waals surface area contributed by atoms with E-state index in [4.69, 9.17) is 0 Å². The molecule has 0 aromatic heterocycles. The molecule has 0 spiro atoms. The molecule has 0 nitrogen and oxygen atoms in total. The molecule has 1 saturated carbocycles. The average Bonchev–Trinajstić information content (AvgIpc) is 2.32. The third kappa shape index (κ3) is 1.18. The summed E-state index contributed by atoms with van der Waals surface area (Å²) in [5, 5.41) is 0.266. The molecule has 3 unspecified atom stereocenters. The van der Waals surface area contributed by atoms with Crippen LogP contribution in [0.1, 0.15) is 19.3 Å². The first kappa shape index (κ1) is 8.01. The summed E-state index contributed by atoms with van der Waals surface area (Å²) in [5.41, 5.74) is 0. The first-order valence-electron chi connectivity index (χ1n) is 3.78. The van der Waals surface area contributed by atoms with Crippen LogP contribution in [0.5, 0.6) is 0 Å². The van der Waals surface area contributed by atoms with E-state index in [9.17, 15) is 0 Å². The molecular formula is C9H15P. The van der Waals surface area contributed by atoms with Gasteiger partial charge < -0.3 is 0 Å². The summed E-state index contributed by atoms with van der Waals surface area (Å²) >= 11 is 0. The second kappa shape index (κ2) is 2.88. The van der Waals surface area contributed by atoms with Gasteiger partial charge in [-0.1, -0.05) is 18.6 Å². The Morgan fingerprint density at radius 3 is 2.60 bits per heavy atom. The van der Waals surface area contributed by atoms with Crippen LogP contribution in [0.4, 0.5) is 0 Å². The summed E-state index contributed by atoms with van der Waals surface area (Å²) in [5.74, 6) is 0.634. The van der Waals surface area contributed by atoms with Gasteiger partial charge in [-0.3, -0.25) is 0 Å². The Hall–Kier alpha value is -0.0900. The van der Waals surface area contributed by atoms with Gasteiger partial charge in [0, 0.05) is 5.16 Å². The van der Waals surface area contributed by atoms with E-state index in [0.29, 0.717) is 5.92 Å². The van der Waals surface area contributed by atoms with Gasteiger partial charge >= 0.3 is 0 Å². The van der Waals surface area contributed by atoms with Crippen LogP contribution in [0.25, 0.3) is 0 Å². The number of allylic oxidation sites excluding steroid dienone is 2. The van der Waals surface area contributed by atoms with Crippen LogP contribution in [0.3, 0.4) is 0 Å². The van der Waals surface area contributed by atoms with Crippen molar-refractivity contribution in [2.45, 2.75) is 24.4 Å². The van der Waals surface area contributed by atoms with Gasteiger partial charge in [0.15, 0.2) is 0 Å². The number of rotatable bonds is 2. The van der Waals surface area contributed by atoms with Crippen molar-refractivity contribution in [1.82, 2.24) is 0 Å². The molecule has 0 heterocycles. The number of hydrogen-bond acceptors (Lipinski definition) is 0. The highest BCUT2D eigenvalue weighted by molar-refractivity contribution is 7.19. The third-order valence-electron chi connectivity index (χ3n) is 2.48. The van der Waals surface area contributed by atoms with Crippen molar-refractivity contribution in [3.8, 4) is 0 Å². The lowest BCUT2D eigenvalue weighted by Crippen LogP contribution is -2.20. The van der Waals surface area contributed by atoms with E-state index >= 15 is 0 Å². The predicted octanol–water partition coefficient (Wildman–Crippen LogP) is 2.77. The van der Waals surface area contributed by atoms with Gasteiger partial charge in [-0.05, 0) is 18.8 Å². The highest BCUT2D eigenvalue weighted by Crippen LogP contribution is 2.44. The van der Waals surface area contributed by atoms with Crippen LogP contribution in [0, 0.1) is 5.92 Å². The molecule has 0 amide bonds. The van der Waals surface area contributed by atoms with E-state index < -0.39 is 0 Å². The van der Waals surface area contributed by atoms with E-state index in [2.05, 4.69) is 34.5 Å². The maximum absolute atomic E-state index is 3.84. The molecule has 0 bridgehead atoms. The first-order chi connectivity index (χ1) is 4.73. The second-order valence-corrected chi connectivity index (χ2v) is 4.13. The maximum Gasteiger partial charge on any atom is 0.00866 e. The van der Waals surface area contributed by atoms with Crippen molar-refractivity contribution >= 4 is 9.24 Å². The molecule has 1 fully saturated rings. The molecule has 1 rings (SSSR count). The average molecular weight is 154 g/mol. The van der Waals surface area contributed by atoms with Gasteiger partial charge in [-0.2, -0.15) is 0 Å². The van der Waals surface area contributed by atoms with Gasteiger partial charge in [-0.25, -0.2) is 0 Å². The van der Waals surface area contributed by atoms with E-state index in [1.807, 2.05) is 0 Å². The van der Waals surface area contributed by atoms with Crippen LogP contribution in [0.15, 0.2) is 25.3 Å². The second-order valence-electron chi connectivity index (χ2n) is 3.05. The summed E-state index contributed by atoms with van der Waals surface area (Å²) < 4.78 is 0. The fourth-order valence-corrected chi connectivity index (χ4v) is 2.18. The maximum atomic E-state index is 3.84. The van der Waals surface area contributed by atoms with Crippen molar-refractivity contribution in [3.05, 3.63) is 25.3 Å².